The maximum Gasteiger partial charge on any atom is 0.321 e. The largest absolute Gasteiger partial charge is 0.338 e. The molecule has 8 heteroatoms. The number of hydrogen-bond donors (Lipinski definition) is 2. The summed E-state index contributed by atoms with van der Waals surface area (Å²) < 4.78 is 1.86. The molecule has 1 aromatic heterocycles. The second kappa shape index (κ2) is 9.13. The number of nitrogens with zero attached hydrogens (tertiary/aromatic N) is 3. The van der Waals surface area contributed by atoms with E-state index in [1.54, 1.807) is 6.92 Å². The number of imide groups is 1. The SMILES string of the molecule is CCNC(=O)NC(=O)[C@H](Sc1nc(C2CC2)n(-c2ccccc2)n1)c1ccccc1. The molecule has 1 heterocycles. The second-order valence-electron chi connectivity index (χ2n) is 7.03. The zero-order chi connectivity index (χ0) is 20.9. The summed E-state index contributed by atoms with van der Waals surface area (Å²) in [5.41, 5.74) is 1.73. The number of para-hydroxylation sites is 1. The molecule has 1 aliphatic carbocycles. The van der Waals surface area contributed by atoms with Gasteiger partial charge in [0.1, 0.15) is 11.1 Å². The number of rotatable bonds is 7. The van der Waals surface area contributed by atoms with Crippen LogP contribution in [0.2, 0.25) is 0 Å². The standard InChI is InChI=1S/C22H23N5O2S/c1-2-23-21(29)25-20(28)18(15-9-5-3-6-10-15)30-22-24-19(16-13-14-16)27(26-22)17-11-7-4-8-12-17/h3-12,16,18H,2,13-14H2,1H3,(H2,23,25,28,29)/t18-/m1/s1. The lowest BCUT2D eigenvalue weighted by atomic mass is 10.1. The van der Waals surface area contributed by atoms with Gasteiger partial charge in [-0.1, -0.05) is 60.3 Å². The summed E-state index contributed by atoms with van der Waals surface area (Å²) in [7, 11) is 0. The summed E-state index contributed by atoms with van der Waals surface area (Å²) in [6.07, 6.45) is 2.19. The van der Waals surface area contributed by atoms with Gasteiger partial charge in [-0.15, -0.1) is 5.10 Å². The zero-order valence-electron chi connectivity index (χ0n) is 16.6. The van der Waals surface area contributed by atoms with Gasteiger partial charge in [-0.25, -0.2) is 14.5 Å². The lowest BCUT2D eigenvalue weighted by Gasteiger charge is -2.15. The molecule has 3 amide bonds. The first-order valence-corrected chi connectivity index (χ1v) is 10.9. The molecule has 30 heavy (non-hydrogen) atoms. The third-order valence-corrected chi connectivity index (χ3v) is 5.80. The number of nitrogens with one attached hydrogen (secondary N) is 2. The minimum Gasteiger partial charge on any atom is -0.338 e. The Morgan fingerprint density at radius 2 is 1.77 bits per heavy atom. The molecule has 3 aromatic rings. The highest BCUT2D eigenvalue weighted by molar-refractivity contribution is 8.00. The van der Waals surface area contributed by atoms with Gasteiger partial charge >= 0.3 is 6.03 Å². The second-order valence-corrected chi connectivity index (χ2v) is 8.10. The van der Waals surface area contributed by atoms with Gasteiger partial charge in [0.25, 0.3) is 0 Å². The molecule has 0 spiro atoms. The maximum atomic E-state index is 12.9. The van der Waals surface area contributed by atoms with Gasteiger partial charge < -0.3 is 5.32 Å². The quantitative estimate of drug-likeness (QED) is 0.566. The first kappa shape index (κ1) is 20.2. The fraction of sp³-hybridized carbons (Fsp3) is 0.273. The zero-order valence-corrected chi connectivity index (χ0v) is 17.4. The smallest absolute Gasteiger partial charge is 0.321 e. The van der Waals surface area contributed by atoms with E-state index in [-0.39, 0.29) is 0 Å². The van der Waals surface area contributed by atoms with Crippen molar-refractivity contribution in [3.05, 3.63) is 72.1 Å². The summed E-state index contributed by atoms with van der Waals surface area (Å²) in [5, 5.41) is 9.57. The van der Waals surface area contributed by atoms with Gasteiger partial charge in [0, 0.05) is 12.5 Å². The van der Waals surface area contributed by atoms with Crippen LogP contribution in [0.4, 0.5) is 4.79 Å². The Hall–Kier alpha value is -3.13. The molecule has 1 aliphatic rings. The van der Waals surface area contributed by atoms with Gasteiger partial charge in [0.15, 0.2) is 0 Å². The van der Waals surface area contributed by atoms with Crippen LogP contribution in [0, 0.1) is 0 Å². The fourth-order valence-electron chi connectivity index (χ4n) is 3.11. The Labute approximate surface area is 179 Å². The van der Waals surface area contributed by atoms with Crippen LogP contribution < -0.4 is 10.6 Å². The van der Waals surface area contributed by atoms with Crippen LogP contribution in [0.15, 0.2) is 65.8 Å². The predicted molar refractivity (Wildman–Crippen MR) is 116 cm³/mol. The molecule has 4 rings (SSSR count). The number of amides is 3. The molecule has 0 unspecified atom stereocenters. The third-order valence-electron chi connectivity index (χ3n) is 4.69. The van der Waals surface area contributed by atoms with Crippen molar-refractivity contribution in [2.75, 3.05) is 6.54 Å². The lowest BCUT2D eigenvalue weighted by Crippen LogP contribution is -2.41. The van der Waals surface area contributed by atoms with Crippen molar-refractivity contribution < 1.29 is 9.59 Å². The Bertz CT molecular complexity index is 1020. The third kappa shape index (κ3) is 4.71. The molecule has 2 aromatic carbocycles. The molecule has 1 fully saturated rings. The predicted octanol–water partition coefficient (Wildman–Crippen LogP) is 3.82. The van der Waals surface area contributed by atoms with Crippen LogP contribution in [0.5, 0.6) is 0 Å². The van der Waals surface area contributed by atoms with Crippen molar-refractivity contribution in [2.45, 2.75) is 36.1 Å². The van der Waals surface area contributed by atoms with E-state index in [9.17, 15) is 9.59 Å². The summed E-state index contributed by atoms with van der Waals surface area (Å²) in [6.45, 7) is 2.24. The molecule has 0 aliphatic heterocycles. The number of hydrogen-bond acceptors (Lipinski definition) is 5. The highest BCUT2D eigenvalue weighted by Crippen LogP contribution is 2.42. The van der Waals surface area contributed by atoms with E-state index in [0.29, 0.717) is 17.6 Å². The van der Waals surface area contributed by atoms with Crippen molar-refractivity contribution in [1.29, 1.82) is 0 Å². The molecule has 0 saturated heterocycles. The minimum atomic E-state index is -0.646. The maximum absolute atomic E-state index is 12.9. The first-order chi connectivity index (χ1) is 14.7. The van der Waals surface area contributed by atoms with Gasteiger partial charge in [-0.2, -0.15) is 0 Å². The Morgan fingerprint density at radius 3 is 2.40 bits per heavy atom. The van der Waals surface area contributed by atoms with E-state index < -0.39 is 17.2 Å². The number of carbonyl (C=O) groups excluding carboxylic acids is 2. The van der Waals surface area contributed by atoms with E-state index in [0.717, 1.165) is 29.9 Å². The van der Waals surface area contributed by atoms with Crippen molar-refractivity contribution in [3.8, 4) is 5.69 Å². The summed E-state index contributed by atoms with van der Waals surface area (Å²) in [4.78, 5) is 29.5. The molecule has 2 N–H and O–H groups in total. The van der Waals surface area contributed by atoms with Gasteiger partial charge in [-0.05, 0) is 37.5 Å². The molecule has 1 atom stereocenters. The van der Waals surface area contributed by atoms with Crippen LogP contribution >= 0.6 is 11.8 Å². The number of aromatic nitrogens is 3. The highest BCUT2D eigenvalue weighted by Gasteiger charge is 2.32. The van der Waals surface area contributed by atoms with E-state index in [1.807, 2.05) is 65.3 Å². The van der Waals surface area contributed by atoms with E-state index in [1.165, 1.54) is 11.8 Å². The minimum absolute atomic E-state index is 0.395. The average molecular weight is 422 g/mol. The van der Waals surface area contributed by atoms with Crippen LogP contribution in [0.25, 0.3) is 5.69 Å². The number of thioether (sulfide) groups is 1. The van der Waals surface area contributed by atoms with Crippen molar-refractivity contribution in [1.82, 2.24) is 25.4 Å². The van der Waals surface area contributed by atoms with Crippen molar-refractivity contribution >= 4 is 23.7 Å². The lowest BCUT2D eigenvalue weighted by molar-refractivity contribution is -0.119. The molecule has 1 saturated carbocycles. The molecule has 7 nitrogen and oxygen atoms in total. The number of benzene rings is 2. The molecule has 0 bridgehead atoms. The fourth-order valence-corrected chi connectivity index (χ4v) is 4.05. The molecule has 0 radical (unpaired) electrons. The number of carbonyl (C=O) groups is 2. The van der Waals surface area contributed by atoms with Crippen molar-refractivity contribution in [3.63, 3.8) is 0 Å². The van der Waals surface area contributed by atoms with Gasteiger partial charge in [0.05, 0.1) is 5.69 Å². The topological polar surface area (TPSA) is 88.9 Å². The van der Waals surface area contributed by atoms with E-state index >= 15 is 0 Å². The molecule has 154 valence electrons. The van der Waals surface area contributed by atoms with Crippen LogP contribution in [0.1, 0.15) is 42.3 Å². The van der Waals surface area contributed by atoms with Gasteiger partial charge in [-0.3, -0.25) is 10.1 Å². The first-order valence-electron chi connectivity index (χ1n) is 9.98. The Kier molecular flexibility index (Phi) is 6.13. The van der Waals surface area contributed by atoms with Crippen LogP contribution in [-0.2, 0) is 4.79 Å². The van der Waals surface area contributed by atoms with E-state index in [2.05, 4.69) is 10.6 Å². The van der Waals surface area contributed by atoms with E-state index in [4.69, 9.17) is 10.1 Å². The molecular formula is C22H23N5O2S. The monoisotopic (exact) mass is 421 g/mol. The van der Waals surface area contributed by atoms with Gasteiger partial charge in [0.2, 0.25) is 11.1 Å². The Morgan fingerprint density at radius 1 is 1.10 bits per heavy atom. The molecular weight excluding hydrogens is 398 g/mol. The summed E-state index contributed by atoms with van der Waals surface area (Å²) in [5.74, 6) is 0.909. The summed E-state index contributed by atoms with van der Waals surface area (Å²) >= 11 is 1.25. The highest BCUT2D eigenvalue weighted by atomic mass is 32.2. The van der Waals surface area contributed by atoms with Crippen molar-refractivity contribution in [2.24, 2.45) is 0 Å². The summed E-state index contributed by atoms with van der Waals surface area (Å²) in [6, 6.07) is 18.7. The average Bonchev–Trinajstić information content (AvgIpc) is 3.53. The van der Waals surface area contributed by atoms with Crippen LogP contribution in [0.3, 0.4) is 0 Å². The van der Waals surface area contributed by atoms with Crippen LogP contribution in [-0.4, -0.2) is 33.2 Å². The Balaban J connectivity index is 1.63. The normalized spacial score (nSPS) is 14.2. The number of urea groups is 1.